The second-order valence-corrected chi connectivity index (χ2v) is 7.22. The molecule has 1 fully saturated rings. The van der Waals surface area contributed by atoms with Gasteiger partial charge in [0, 0.05) is 11.4 Å². The average molecular weight is 305 g/mol. The minimum Gasteiger partial charge on any atom is -0.477 e. The third-order valence-corrected chi connectivity index (χ3v) is 5.63. The van der Waals surface area contributed by atoms with Gasteiger partial charge in [0.1, 0.15) is 4.88 Å². The number of hydrogen-bond donors (Lipinski definition) is 3. The Balaban J connectivity index is 2.10. The summed E-state index contributed by atoms with van der Waals surface area (Å²) in [6, 6.07) is 0.858. The summed E-state index contributed by atoms with van der Waals surface area (Å²) in [5.74, 6) is -1.14. The van der Waals surface area contributed by atoms with Crippen LogP contribution < -0.4 is 4.72 Å². The van der Waals surface area contributed by atoms with Crippen molar-refractivity contribution in [3.63, 3.8) is 0 Å². The van der Waals surface area contributed by atoms with Gasteiger partial charge in [-0.25, -0.2) is 17.9 Å². The van der Waals surface area contributed by atoms with Crippen LogP contribution in [0.1, 0.15) is 35.4 Å². The summed E-state index contributed by atoms with van der Waals surface area (Å²) in [4.78, 5) is 10.7. The molecule has 0 spiro atoms. The second-order valence-electron chi connectivity index (χ2n) is 4.59. The van der Waals surface area contributed by atoms with E-state index in [1.807, 2.05) is 0 Å². The van der Waals surface area contributed by atoms with E-state index >= 15 is 0 Å². The Kier molecular flexibility index (Phi) is 4.24. The summed E-state index contributed by atoms with van der Waals surface area (Å²) in [5.41, 5.74) is 0. The maximum atomic E-state index is 12.1. The third kappa shape index (κ3) is 3.53. The average Bonchev–Trinajstić information content (AvgIpc) is 2.78. The maximum absolute atomic E-state index is 12.1. The van der Waals surface area contributed by atoms with Crippen LogP contribution in [0.15, 0.2) is 16.3 Å². The number of rotatable bonds is 4. The lowest BCUT2D eigenvalue weighted by Crippen LogP contribution is -2.39. The number of aliphatic hydroxyl groups is 1. The molecular weight excluding hydrogens is 290 g/mol. The largest absolute Gasteiger partial charge is 0.477 e. The fourth-order valence-corrected chi connectivity index (χ4v) is 4.53. The van der Waals surface area contributed by atoms with E-state index in [2.05, 4.69) is 4.72 Å². The SMILES string of the molecule is O=C(O)c1cc(S(=O)(=O)NC2CCCC(O)C2)cs1. The number of aromatic carboxylic acids is 1. The first kappa shape index (κ1) is 14.4. The number of sulfonamides is 1. The Morgan fingerprint density at radius 2 is 2.16 bits per heavy atom. The summed E-state index contributed by atoms with van der Waals surface area (Å²) < 4.78 is 26.6. The van der Waals surface area contributed by atoms with Gasteiger partial charge in [-0.3, -0.25) is 0 Å². The highest BCUT2D eigenvalue weighted by Gasteiger charge is 2.26. The molecule has 2 unspecified atom stereocenters. The Morgan fingerprint density at radius 1 is 1.42 bits per heavy atom. The topological polar surface area (TPSA) is 104 Å². The van der Waals surface area contributed by atoms with Crippen molar-refractivity contribution in [1.82, 2.24) is 4.72 Å². The summed E-state index contributed by atoms with van der Waals surface area (Å²) >= 11 is 0.879. The number of carboxylic acids is 1. The lowest BCUT2D eigenvalue weighted by Gasteiger charge is -2.26. The molecule has 19 heavy (non-hydrogen) atoms. The maximum Gasteiger partial charge on any atom is 0.345 e. The quantitative estimate of drug-likeness (QED) is 0.770. The molecule has 0 aromatic carbocycles. The van der Waals surface area contributed by atoms with Crippen molar-refractivity contribution in [2.75, 3.05) is 0 Å². The highest BCUT2D eigenvalue weighted by Crippen LogP contribution is 2.23. The smallest absolute Gasteiger partial charge is 0.345 e. The van der Waals surface area contributed by atoms with Gasteiger partial charge in [0.25, 0.3) is 0 Å². The fourth-order valence-electron chi connectivity index (χ4n) is 2.13. The monoisotopic (exact) mass is 305 g/mol. The minimum absolute atomic E-state index is 0.0101. The molecule has 0 aliphatic heterocycles. The molecule has 0 amide bonds. The molecule has 2 rings (SSSR count). The van der Waals surface area contributed by atoms with Gasteiger partial charge in [-0.2, -0.15) is 0 Å². The van der Waals surface area contributed by atoms with Crippen LogP contribution in [-0.2, 0) is 10.0 Å². The molecule has 6 nitrogen and oxygen atoms in total. The highest BCUT2D eigenvalue weighted by atomic mass is 32.2. The van der Waals surface area contributed by atoms with Crippen molar-refractivity contribution >= 4 is 27.3 Å². The summed E-state index contributed by atoms with van der Waals surface area (Å²) in [7, 11) is -3.71. The molecule has 1 saturated carbocycles. The van der Waals surface area contributed by atoms with Crippen LogP contribution in [0.2, 0.25) is 0 Å². The Morgan fingerprint density at radius 3 is 2.74 bits per heavy atom. The molecule has 1 aromatic rings. The molecule has 2 atom stereocenters. The van der Waals surface area contributed by atoms with E-state index in [1.54, 1.807) is 0 Å². The van der Waals surface area contributed by atoms with Gasteiger partial charge in [0.05, 0.1) is 11.0 Å². The fraction of sp³-hybridized carbons (Fsp3) is 0.545. The van der Waals surface area contributed by atoms with Gasteiger partial charge in [-0.15, -0.1) is 11.3 Å². The standard InChI is InChI=1S/C11H15NO5S2/c13-8-3-1-2-7(4-8)12-19(16,17)9-5-10(11(14)15)18-6-9/h5-8,12-13H,1-4H2,(H,14,15). The van der Waals surface area contributed by atoms with Crippen LogP contribution in [0.4, 0.5) is 0 Å². The molecule has 3 N–H and O–H groups in total. The summed E-state index contributed by atoms with van der Waals surface area (Å²) in [5, 5.41) is 19.6. The molecule has 0 radical (unpaired) electrons. The Labute approximate surface area is 115 Å². The van der Waals surface area contributed by atoms with Crippen molar-refractivity contribution in [2.24, 2.45) is 0 Å². The van der Waals surface area contributed by atoms with Crippen molar-refractivity contribution in [3.8, 4) is 0 Å². The molecule has 1 heterocycles. The third-order valence-electron chi connectivity index (χ3n) is 3.06. The highest BCUT2D eigenvalue weighted by molar-refractivity contribution is 7.89. The molecular formula is C11H15NO5S2. The number of nitrogens with one attached hydrogen (secondary N) is 1. The van der Waals surface area contributed by atoms with Gasteiger partial charge in [-0.1, -0.05) is 0 Å². The van der Waals surface area contributed by atoms with Crippen molar-refractivity contribution in [1.29, 1.82) is 0 Å². The molecule has 0 saturated heterocycles. The van der Waals surface area contributed by atoms with Crippen LogP contribution in [0, 0.1) is 0 Å². The number of carbonyl (C=O) groups is 1. The predicted octanol–water partition coefficient (Wildman–Crippen LogP) is 1.03. The van der Waals surface area contributed by atoms with Gasteiger partial charge < -0.3 is 10.2 Å². The van der Waals surface area contributed by atoms with Crippen LogP contribution in [-0.4, -0.2) is 36.7 Å². The van der Waals surface area contributed by atoms with Crippen LogP contribution >= 0.6 is 11.3 Å². The van der Waals surface area contributed by atoms with E-state index in [-0.39, 0.29) is 15.8 Å². The number of aliphatic hydroxyl groups excluding tert-OH is 1. The Hall–Kier alpha value is -0.960. The molecule has 1 aromatic heterocycles. The van der Waals surface area contributed by atoms with Gasteiger partial charge >= 0.3 is 5.97 Å². The van der Waals surface area contributed by atoms with E-state index < -0.39 is 22.1 Å². The lowest BCUT2D eigenvalue weighted by molar-refractivity contribution is 0.0702. The first-order chi connectivity index (χ1) is 8.88. The number of hydrogen-bond acceptors (Lipinski definition) is 5. The van der Waals surface area contributed by atoms with Crippen LogP contribution in [0.25, 0.3) is 0 Å². The summed E-state index contributed by atoms with van der Waals surface area (Å²) in [6.45, 7) is 0. The predicted molar refractivity (Wildman–Crippen MR) is 69.9 cm³/mol. The van der Waals surface area contributed by atoms with E-state index in [0.717, 1.165) is 23.8 Å². The second kappa shape index (κ2) is 5.58. The minimum atomic E-state index is -3.71. The van der Waals surface area contributed by atoms with Gasteiger partial charge in [0.15, 0.2) is 0 Å². The van der Waals surface area contributed by atoms with Crippen molar-refractivity contribution in [2.45, 2.75) is 42.7 Å². The van der Waals surface area contributed by atoms with E-state index in [9.17, 15) is 18.3 Å². The number of thiophene rings is 1. The zero-order valence-electron chi connectivity index (χ0n) is 10.1. The zero-order valence-corrected chi connectivity index (χ0v) is 11.7. The molecule has 1 aliphatic carbocycles. The van der Waals surface area contributed by atoms with E-state index in [0.29, 0.717) is 19.3 Å². The summed E-state index contributed by atoms with van der Waals surface area (Å²) in [6.07, 6.45) is 2.08. The number of carboxylic acid groups (broad SMARTS) is 1. The van der Waals surface area contributed by atoms with Crippen molar-refractivity contribution in [3.05, 3.63) is 16.3 Å². The lowest BCUT2D eigenvalue weighted by atomic mass is 9.94. The first-order valence-corrected chi connectivity index (χ1v) is 8.27. The molecule has 8 heteroatoms. The van der Waals surface area contributed by atoms with E-state index in [1.165, 1.54) is 5.38 Å². The normalized spacial score (nSPS) is 24.3. The molecule has 0 bridgehead atoms. The van der Waals surface area contributed by atoms with Crippen LogP contribution in [0.3, 0.4) is 0 Å². The first-order valence-electron chi connectivity index (χ1n) is 5.91. The van der Waals surface area contributed by atoms with E-state index in [4.69, 9.17) is 5.11 Å². The Bertz CT molecular complexity index is 565. The van der Waals surface area contributed by atoms with Crippen LogP contribution in [0.5, 0.6) is 0 Å². The zero-order chi connectivity index (χ0) is 14.0. The molecule has 106 valence electrons. The van der Waals surface area contributed by atoms with Gasteiger partial charge in [-0.05, 0) is 31.7 Å². The molecule has 1 aliphatic rings. The van der Waals surface area contributed by atoms with Gasteiger partial charge in [0.2, 0.25) is 10.0 Å². The van der Waals surface area contributed by atoms with Crippen molar-refractivity contribution < 1.29 is 23.4 Å².